The lowest BCUT2D eigenvalue weighted by molar-refractivity contribution is 0.219. The van der Waals surface area contributed by atoms with Gasteiger partial charge in [0.2, 0.25) is 0 Å². The Hall–Kier alpha value is -1.04. The molecule has 0 radical (unpaired) electrons. The first kappa shape index (κ1) is 12.7. The SMILES string of the molecule is NCc1sc(C2CSc3ccccc3O2)nc1C1CC1. The van der Waals surface area contributed by atoms with Crippen molar-refractivity contribution in [1.29, 1.82) is 0 Å². The average Bonchev–Trinajstić information content (AvgIpc) is 3.26. The molecule has 4 rings (SSSR count). The van der Waals surface area contributed by atoms with Gasteiger partial charge in [0.15, 0.2) is 6.10 Å². The van der Waals surface area contributed by atoms with Gasteiger partial charge in [-0.3, -0.25) is 0 Å². The Morgan fingerprint density at radius 2 is 2.15 bits per heavy atom. The number of fused-ring (bicyclic) bond motifs is 1. The second-order valence-electron chi connectivity index (χ2n) is 5.20. The van der Waals surface area contributed by atoms with Crippen LogP contribution in [0, 0.1) is 0 Å². The molecule has 1 aromatic heterocycles. The van der Waals surface area contributed by atoms with Crippen LogP contribution in [0.5, 0.6) is 5.75 Å². The molecule has 2 aromatic rings. The molecule has 2 N–H and O–H groups in total. The van der Waals surface area contributed by atoms with E-state index in [4.69, 9.17) is 15.5 Å². The van der Waals surface area contributed by atoms with Gasteiger partial charge in [-0.2, -0.15) is 0 Å². The van der Waals surface area contributed by atoms with E-state index in [0.717, 1.165) is 16.5 Å². The summed E-state index contributed by atoms with van der Waals surface area (Å²) in [7, 11) is 0. The van der Waals surface area contributed by atoms with Gasteiger partial charge >= 0.3 is 0 Å². The van der Waals surface area contributed by atoms with Crippen LogP contribution in [-0.4, -0.2) is 10.7 Å². The van der Waals surface area contributed by atoms with Gasteiger partial charge in [-0.1, -0.05) is 12.1 Å². The molecule has 1 aliphatic carbocycles. The Balaban J connectivity index is 1.62. The Labute approximate surface area is 126 Å². The van der Waals surface area contributed by atoms with E-state index >= 15 is 0 Å². The Bertz CT molecular complexity index is 637. The molecule has 5 heteroatoms. The van der Waals surface area contributed by atoms with Gasteiger partial charge in [-0.05, 0) is 25.0 Å². The zero-order valence-corrected chi connectivity index (χ0v) is 12.7. The summed E-state index contributed by atoms with van der Waals surface area (Å²) in [6, 6.07) is 8.22. The fraction of sp³-hybridized carbons (Fsp3) is 0.400. The van der Waals surface area contributed by atoms with Crippen molar-refractivity contribution >= 4 is 23.1 Å². The van der Waals surface area contributed by atoms with E-state index in [-0.39, 0.29) is 6.10 Å². The fourth-order valence-electron chi connectivity index (χ4n) is 2.48. The highest BCUT2D eigenvalue weighted by Crippen LogP contribution is 2.45. The Kier molecular flexibility index (Phi) is 3.21. The van der Waals surface area contributed by atoms with Crippen LogP contribution in [0.15, 0.2) is 29.2 Å². The minimum atomic E-state index is 0.0673. The van der Waals surface area contributed by atoms with E-state index in [1.165, 1.54) is 28.3 Å². The van der Waals surface area contributed by atoms with Gasteiger partial charge in [0, 0.05) is 28.0 Å². The first-order valence-corrected chi connectivity index (χ1v) is 8.73. The van der Waals surface area contributed by atoms with Gasteiger partial charge in [0.05, 0.1) is 5.69 Å². The van der Waals surface area contributed by atoms with E-state index in [1.807, 2.05) is 23.9 Å². The molecule has 20 heavy (non-hydrogen) atoms. The minimum absolute atomic E-state index is 0.0673. The molecule has 104 valence electrons. The first-order chi connectivity index (χ1) is 9.85. The summed E-state index contributed by atoms with van der Waals surface area (Å²) in [5.41, 5.74) is 7.10. The highest BCUT2D eigenvalue weighted by Gasteiger charge is 2.32. The van der Waals surface area contributed by atoms with Gasteiger partial charge in [0.25, 0.3) is 0 Å². The van der Waals surface area contributed by atoms with Crippen LogP contribution in [-0.2, 0) is 6.54 Å². The van der Waals surface area contributed by atoms with Crippen LogP contribution in [0.25, 0.3) is 0 Å². The van der Waals surface area contributed by atoms with Crippen molar-refractivity contribution in [2.45, 2.75) is 36.3 Å². The molecule has 1 atom stereocenters. The topological polar surface area (TPSA) is 48.1 Å². The minimum Gasteiger partial charge on any atom is -0.481 e. The molecule has 1 fully saturated rings. The van der Waals surface area contributed by atoms with E-state index in [0.29, 0.717) is 12.5 Å². The third kappa shape index (κ3) is 2.24. The van der Waals surface area contributed by atoms with Crippen molar-refractivity contribution in [2.24, 2.45) is 5.73 Å². The number of thiazole rings is 1. The maximum absolute atomic E-state index is 6.12. The summed E-state index contributed by atoms with van der Waals surface area (Å²) < 4.78 is 6.12. The molecule has 2 heterocycles. The lowest BCUT2D eigenvalue weighted by Crippen LogP contribution is -2.14. The third-order valence-electron chi connectivity index (χ3n) is 3.68. The zero-order valence-electron chi connectivity index (χ0n) is 11.0. The molecule has 3 nitrogen and oxygen atoms in total. The summed E-state index contributed by atoms with van der Waals surface area (Å²) in [4.78, 5) is 7.31. The molecule has 1 aromatic carbocycles. The predicted octanol–water partition coefficient (Wildman–Crippen LogP) is 3.71. The monoisotopic (exact) mass is 304 g/mol. The van der Waals surface area contributed by atoms with E-state index < -0.39 is 0 Å². The maximum atomic E-state index is 6.12. The molecule has 1 aliphatic heterocycles. The lowest BCUT2D eigenvalue weighted by Gasteiger charge is -2.23. The summed E-state index contributed by atoms with van der Waals surface area (Å²) in [5, 5.41) is 1.09. The maximum Gasteiger partial charge on any atom is 0.159 e. The number of hydrogen-bond acceptors (Lipinski definition) is 5. The van der Waals surface area contributed by atoms with Crippen LogP contribution >= 0.6 is 23.1 Å². The molecule has 0 saturated heterocycles. The smallest absolute Gasteiger partial charge is 0.159 e. The Morgan fingerprint density at radius 1 is 1.30 bits per heavy atom. The quantitative estimate of drug-likeness (QED) is 0.939. The molecular formula is C15H16N2OS2. The number of nitrogens with zero attached hydrogens (tertiary/aromatic N) is 1. The zero-order chi connectivity index (χ0) is 13.5. The summed E-state index contributed by atoms with van der Waals surface area (Å²) in [6.07, 6.45) is 2.59. The number of para-hydroxylation sites is 1. The van der Waals surface area contributed by atoms with Gasteiger partial charge in [0.1, 0.15) is 10.8 Å². The molecule has 0 spiro atoms. The molecule has 0 amide bonds. The molecule has 0 bridgehead atoms. The molecule has 2 aliphatic rings. The van der Waals surface area contributed by atoms with Gasteiger partial charge in [-0.15, -0.1) is 23.1 Å². The highest BCUT2D eigenvalue weighted by atomic mass is 32.2. The van der Waals surface area contributed by atoms with Crippen molar-refractivity contribution in [3.63, 3.8) is 0 Å². The number of benzene rings is 1. The number of hydrogen-bond donors (Lipinski definition) is 1. The van der Waals surface area contributed by atoms with Gasteiger partial charge < -0.3 is 10.5 Å². The average molecular weight is 304 g/mol. The lowest BCUT2D eigenvalue weighted by atomic mass is 10.2. The number of aromatic nitrogens is 1. The number of rotatable bonds is 3. The standard InChI is InChI=1S/C15H16N2OS2/c16-7-13-14(9-5-6-9)17-15(20-13)11-8-19-12-4-2-1-3-10(12)18-11/h1-4,9,11H,5-8,16H2. The van der Waals surface area contributed by atoms with Crippen molar-refractivity contribution in [1.82, 2.24) is 4.98 Å². The number of ether oxygens (including phenoxy) is 1. The van der Waals surface area contributed by atoms with E-state index in [2.05, 4.69) is 12.1 Å². The van der Waals surface area contributed by atoms with E-state index in [9.17, 15) is 0 Å². The van der Waals surface area contributed by atoms with Crippen LogP contribution in [0.4, 0.5) is 0 Å². The Morgan fingerprint density at radius 3 is 2.95 bits per heavy atom. The van der Waals surface area contributed by atoms with Crippen LogP contribution in [0.1, 0.15) is 40.4 Å². The molecular weight excluding hydrogens is 288 g/mol. The third-order valence-corrected chi connectivity index (χ3v) is 5.98. The van der Waals surface area contributed by atoms with Crippen molar-refractivity contribution in [3.8, 4) is 5.75 Å². The fourth-order valence-corrected chi connectivity index (χ4v) is 4.64. The van der Waals surface area contributed by atoms with Crippen LogP contribution in [0.2, 0.25) is 0 Å². The second kappa shape index (κ2) is 5.06. The summed E-state index contributed by atoms with van der Waals surface area (Å²) >= 11 is 3.58. The van der Waals surface area contributed by atoms with Crippen molar-refractivity contribution < 1.29 is 4.74 Å². The molecule has 1 saturated carbocycles. The normalized spacial score (nSPS) is 21.4. The second-order valence-corrected chi connectivity index (χ2v) is 7.38. The highest BCUT2D eigenvalue weighted by molar-refractivity contribution is 7.99. The van der Waals surface area contributed by atoms with Gasteiger partial charge in [-0.25, -0.2) is 4.98 Å². The summed E-state index contributed by atoms with van der Waals surface area (Å²) in [5.74, 6) is 2.56. The number of thioether (sulfide) groups is 1. The van der Waals surface area contributed by atoms with Crippen molar-refractivity contribution in [3.05, 3.63) is 39.8 Å². The predicted molar refractivity (Wildman–Crippen MR) is 82.5 cm³/mol. The van der Waals surface area contributed by atoms with Crippen LogP contribution in [0.3, 0.4) is 0 Å². The van der Waals surface area contributed by atoms with Crippen LogP contribution < -0.4 is 10.5 Å². The first-order valence-electron chi connectivity index (χ1n) is 6.93. The van der Waals surface area contributed by atoms with Crippen molar-refractivity contribution in [2.75, 3.05) is 5.75 Å². The largest absolute Gasteiger partial charge is 0.481 e. The number of nitrogens with two attached hydrogens (primary N) is 1. The molecule has 1 unspecified atom stereocenters. The summed E-state index contributed by atoms with van der Waals surface area (Å²) in [6.45, 7) is 0.597. The van der Waals surface area contributed by atoms with E-state index in [1.54, 1.807) is 11.3 Å².